The lowest BCUT2D eigenvalue weighted by Gasteiger charge is -2.34. The number of nitrogens with one attached hydrogen (secondary N) is 1. The van der Waals surface area contributed by atoms with Crippen LogP contribution < -0.4 is 5.32 Å². The van der Waals surface area contributed by atoms with Gasteiger partial charge in [0.05, 0.1) is 5.25 Å². The van der Waals surface area contributed by atoms with E-state index in [0.29, 0.717) is 11.5 Å². The maximum absolute atomic E-state index is 12.4. The molecule has 3 rings (SSSR count). The molecule has 4 atom stereocenters. The fourth-order valence-corrected chi connectivity index (χ4v) is 5.24. The van der Waals surface area contributed by atoms with Crippen molar-refractivity contribution in [1.29, 1.82) is 0 Å². The maximum Gasteiger partial charge on any atom is 0.219 e. The molecule has 0 spiro atoms. The highest BCUT2D eigenvalue weighted by Crippen LogP contribution is 2.52. The molecule has 22 heavy (non-hydrogen) atoms. The van der Waals surface area contributed by atoms with Crippen molar-refractivity contribution in [2.45, 2.75) is 43.6 Å². The molecular weight excluding hydrogens is 298 g/mol. The Bertz CT molecular complexity index is 577. The highest BCUT2D eigenvalue weighted by molar-refractivity contribution is 8.14. The number of carbonyl (C=O) groups excluding carboxylic acids is 2. The van der Waals surface area contributed by atoms with Crippen LogP contribution in [-0.4, -0.2) is 27.1 Å². The Morgan fingerprint density at radius 2 is 2.00 bits per heavy atom. The van der Waals surface area contributed by atoms with Crippen molar-refractivity contribution in [2.75, 3.05) is 0 Å². The minimum absolute atomic E-state index is 0.0469. The van der Waals surface area contributed by atoms with E-state index >= 15 is 0 Å². The summed E-state index contributed by atoms with van der Waals surface area (Å²) in [6.07, 6.45) is 3.85. The molecule has 1 aromatic carbocycles. The van der Waals surface area contributed by atoms with Gasteiger partial charge in [-0.25, -0.2) is 0 Å². The fraction of sp³-hybridized carbons (Fsp3) is 0.529. The van der Waals surface area contributed by atoms with Crippen LogP contribution in [0.1, 0.15) is 43.0 Å². The summed E-state index contributed by atoms with van der Waals surface area (Å²) in [5, 5.41) is 13.5. The average Bonchev–Trinajstić information content (AvgIpc) is 3.03. The van der Waals surface area contributed by atoms with Crippen LogP contribution in [0.5, 0.6) is 0 Å². The second-order valence-corrected chi connectivity index (χ2v) is 7.48. The van der Waals surface area contributed by atoms with E-state index in [0.717, 1.165) is 37.4 Å². The lowest BCUT2D eigenvalue weighted by atomic mass is 9.94. The maximum atomic E-state index is 12.4. The Morgan fingerprint density at radius 1 is 1.27 bits per heavy atom. The molecule has 2 N–H and O–H groups in total. The first-order valence-electron chi connectivity index (χ1n) is 7.78. The van der Waals surface area contributed by atoms with Crippen LogP contribution in [0.15, 0.2) is 30.3 Å². The molecule has 4 unspecified atom stereocenters. The number of carbonyl (C=O) groups is 2. The SMILES string of the molecule is CC(=O)NC1(O)C(SC(=O)c2ccccc2)CC2CCCC21. The topological polar surface area (TPSA) is 66.4 Å². The zero-order valence-electron chi connectivity index (χ0n) is 12.6. The zero-order chi connectivity index (χ0) is 15.7. The van der Waals surface area contributed by atoms with Crippen LogP contribution in [-0.2, 0) is 4.79 Å². The summed E-state index contributed by atoms with van der Waals surface area (Å²) >= 11 is 1.16. The summed E-state index contributed by atoms with van der Waals surface area (Å²) in [6, 6.07) is 9.09. The van der Waals surface area contributed by atoms with Gasteiger partial charge in [0.2, 0.25) is 11.0 Å². The first-order valence-corrected chi connectivity index (χ1v) is 8.66. The van der Waals surface area contributed by atoms with Crippen molar-refractivity contribution in [3.63, 3.8) is 0 Å². The standard InChI is InChI=1S/C17H21NO3S/c1-11(19)18-17(21)14-9-5-8-13(14)10-15(17)22-16(20)12-6-3-2-4-7-12/h2-4,6-7,13-15,21H,5,8-10H2,1H3,(H,18,19). The molecule has 0 aliphatic heterocycles. The van der Waals surface area contributed by atoms with E-state index in [1.807, 2.05) is 18.2 Å². The molecule has 0 aromatic heterocycles. The molecule has 2 saturated carbocycles. The van der Waals surface area contributed by atoms with Gasteiger partial charge in [0, 0.05) is 18.4 Å². The second kappa shape index (κ2) is 6.05. The van der Waals surface area contributed by atoms with Crippen molar-refractivity contribution in [3.05, 3.63) is 35.9 Å². The van der Waals surface area contributed by atoms with E-state index in [4.69, 9.17) is 0 Å². The van der Waals surface area contributed by atoms with Crippen LogP contribution in [0.4, 0.5) is 0 Å². The van der Waals surface area contributed by atoms with Gasteiger partial charge in [-0.3, -0.25) is 9.59 Å². The summed E-state index contributed by atoms with van der Waals surface area (Å²) in [7, 11) is 0. The molecular formula is C17H21NO3S. The summed E-state index contributed by atoms with van der Waals surface area (Å²) in [6.45, 7) is 1.42. The molecule has 1 aromatic rings. The molecule has 2 aliphatic rings. The van der Waals surface area contributed by atoms with Gasteiger partial charge >= 0.3 is 0 Å². The van der Waals surface area contributed by atoms with Crippen molar-refractivity contribution in [3.8, 4) is 0 Å². The third-order valence-corrected chi connectivity index (χ3v) is 6.15. The van der Waals surface area contributed by atoms with Crippen LogP contribution in [0.2, 0.25) is 0 Å². The van der Waals surface area contributed by atoms with Crippen molar-refractivity contribution < 1.29 is 14.7 Å². The van der Waals surface area contributed by atoms with Crippen LogP contribution >= 0.6 is 11.8 Å². The largest absolute Gasteiger partial charge is 0.369 e. The molecule has 118 valence electrons. The van der Waals surface area contributed by atoms with Crippen LogP contribution in [0, 0.1) is 11.8 Å². The Kier molecular flexibility index (Phi) is 4.28. The molecule has 0 bridgehead atoms. The quantitative estimate of drug-likeness (QED) is 0.840. The van der Waals surface area contributed by atoms with Crippen LogP contribution in [0.25, 0.3) is 0 Å². The number of rotatable bonds is 3. The Hall–Kier alpha value is -1.33. The molecule has 5 heteroatoms. The number of fused-ring (bicyclic) bond motifs is 1. The van der Waals surface area contributed by atoms with Gasteiger partial charge in [-0.05, 0) is 25.2 Å². The lowest BCUT2D eigenvalue weighted by Crippen LogP contribution is -2.56. The Labute approximate surface area is 134 Å². The summed E-state index contributed by atoms with van der Waals surface area (Å²) in [5.41, 5.74) is -0.628. The highest BCUT2D eigenvalue weighted by Gasteiger charge is 2.56. The van der Waals surface area contributed by atoms with Gasteiger partial charge in [-0.1, -0.05) is 48.5 Å². The number of amides is 1. The normalized spacial score (nSPS) is 33.5. The number of hydrogen-bond donors (Lipinski definition) is 2. The smallest absolute Gasteiger partial charge is 0.219 e. The first kappa shape index (κ1) is 15.6. The van der Waals surface area contributed by atoms with Gasteiger partial charge in [0.1, 0.15) is 0 Å². The molecule has 0 heterocycles. The molecule has 2 fully saturated rings. The van der Waals surface area contributed by atoms with Gasteiger partial charge in [-0.15, -0.1) is 0 Å². The van der Waals surface area contributed by atoms with Gasteiger partial charge < -0.3 is 10.4 Å². The lowest BCUT2D eigenvalue weighted by molar-refractivity contribution is -0.129. The van der Waals surface area contributed by atoms with Gasteiger partial charge in [0.25, 0.3) is 0 Å². The number of benzene rings is 1. The number of hydrogen-bond acceptors (Lipinski definition) is 4. The average molecular weight is 319 g/mol. The predicted molar refractivity (Wildman–Crippen MR) is 86.4 cm³/mol. The third-order valence-electron chi connectivity index (χ3n) is 4.87. The van der Waals surface area contributed by atoms with E-state index in [1.165, 1.54) is 6.92 Å². The Morgan fingerprint density at radius 3 is 2.68 bits per heavy atom. The molecule has 2 aliphatic carbocycles. The van der Waals surface area contributed by atoms with E-state index in [-0.39, 0.29) is 22.2 Å². The fourth-order valence-electron chi connectivity index (χ4n) is 3.96. The van der Waals surface area contributed by atoms with E-state index < -0.39 is 5.72 Å². The minimum Gasteiger partial charge on any atom is -0.369 e. The van der Waals surface area contributed by atoms with Gasteiger partial charge in [0.15, 0.2) is 5.72 Å². The first-order chi connectivity index (χ1) is 10.5. The van der Waals surface area contributed by atoms with Crippen molar-refractivity contribution in [2.24, 2.45) is 11.8 Å². The minimum atomic E-state index is -1.26. The monoisotopic (exact) mass is 319 g/mol. The van der Waals surface area contributed by atoms with Crippen LogP contribution in [0.3, 0.4) is 0 Å². The van der Waals surface area contributed by atoms with E-state index in [9.17, 15) is 14.7 Å². The number of aliphatic hydroxyl groups is 1. The van der Waals surface area contributed by atoms with E-state index in [2.05, 4.69) is 5.32 Å². The van der Waals surface area contributed by atoms with Crippen molar-refractivity contribution >= 4 is 22.8 Å². The number of thioether (sulfide) groups is 1. The molecule has 0 radical (unpaired) electrons. The van der Waals surface area contributed by atoms with Gasteiger partial charge in [-0.2, -0.15) is 0 Å². The Balaban J connectivity index is 1.79. The summed E-state index contributed by atoms with van der Waals surface area (Å²) in [5.74, 6) is 0.225. The molecule has 0 saturated heterocycles. The molecule has 1 amide bonds. The second-order valence-electron chi connectivity index (χ2n) is 6.30. The zero-order valence-corrected chi connectivity index (χ0v) is 13.4. The predicted octanol–water partition coefficient (Wildman–Crippen LogP) is 2.57. The summed E-state index contributed by atoms with van der Waals surface area (Å²) < 4.78 is 0. The highest BCUT2D eigenvalue weighted by atomic mass is 32.2. The summed E-state index contributed by atoms with van der Waals surface area (Å²) in [4.78, 5) is 24.0. The van der Waals surface area contributed by atoms with Crippen molar-refractivity contribution in [1.82, 2.24) is 5.32 Å². The molecule has 4 nitrogen and oxygen atoms in total. The van der Waals surface area contributed by atoms with E-state index in [1.54, 1.807) is 12.1 Å². The third kappa shape index (κ3) is 2.79.